The molecule has 2 fully saturated rings. The third-order valence-corrected chi connectivity index (χ3v) is 7.16. The fourth-order valence-electron chi connectivity index (χ4n) is 5.23. The summed E-state index contributed by atoms with van der Waals surface area (Å²) in [7, 11) is 0. The minimum Gasteiger partial charge on any atom is -0.454 e. The van der Waals surface area contributed by atoms with Gasteiger partial charge in [-0.15, -0.1) is 0 Å². The maximum absolute atomic E-state index is 13.5. The van der Waals surface area contributed by atoms with Crippen molar-refractivity contribution in [2.24, 2.45) is 5.92 Å². The number of nitrogens with zero attached hydrogens (tertiary/aromatic N) is 2. The van der Waals surface area contributed by atoms with Crippen LogP contribution in [-0.2, 0) is 9.59 Å². The summed E-state index contributed by atoms with van der Waals surface area (Å²) in [6, 6.07) is 10.4. The zero-order valence-electron chi connectivity index (χ0n) is 18.7. The van der Waals surface area contributed by atoms with Crippen molar-refractivity contribution in [3.8, 4) is 22.6 Å². The number of hydrogen-bond donors (Lipinski definition) is 2. The molecule has 9 nitrogen and oxygen atoms in total. The van der Waals surface area contributed by atoms with E-state index in [0.717, 1.165) is 37.1 Å². The second kappa shape index (κ2) is 8.32. The van der Waals surface area contributed by atoms with E-state index >= 15 is 0 Å². The molecule has 0 aliphatic carbocycles. The van der Waals surface area contributed by atoms with Crippen molar-refractivity contribution in [1.29, 1.82) is 0 Å². The minimum absolute atomic E-state index is 0.0150. The predicted octanol–water partition coefficient (Wildman–Crippen LogP) is 1.69. The van der Waals surface area contributed by atoms with Gasteiger partial charge in [0.2, 0.25) is 18.6 Å². The average molecular weight is 463 g/mol. The summed E-state index contributed by atoms with van der Waals surface area (Å²) in [5, 5.41) is 6.19. The number of nitrogens with one attached hydrogen (secondary N) is 2. The smallest absolute Gasteiger partial charge is 0.256 e. The average Bonchev–Trinajstić information content (AvgIpc) is 3.32. The van der Waals surface area contributed by atoms with Crippen LogP contribution in [0.3, 0.4) is 0 Å². The van der Waals surface area contributed by atoms with Crippen LogP contribution in [0.25, 0.3) is 11.1 Å². The van der Waals surface area contributed by atoms with E-state index in [-0.39, 0.29) is 37.0 Å². The molecular weight excluding hydrogens is 436 g/mol. The Kier molecular flexibility index (Phi) is 5.13. The summed E-state index contributed by atoms with van der Waals surface area (Å²) in [6.45, 7) is 2.86. The first-order valence-corrected chi connectivity index (χ1v) is 11.7. The van der Waals surface area contributed by atoms with E-state index in [4.69, 9.17) is 9.47 Å². The van der Waals surface area contributed by atoms with Crippen LogP contribution in [0, 0.1) is 5.92 Å². The third-order valence-electron chi connectivity index (χ3n) is 7.16. The Labute approximate surface area is 197 Å². The summed E-state index contributed by atoms with van der Waals surface area (Å²) in [5.41, 5.74) is 2.68. The van der Waals surface area contributed by atoms with Crippen LogP contribution in [0.5, 0.6) is 11.5 Å². The van der Waals surface area contributed by atoms with Gasteiger partial charge in [0.25, 0.3) is 5.91 Å². The van der Waals surface area contributed by atoms with Crippen molar-refractivity contribution in [3.05, 3.63) is 42.0 Å². The molecule has 34 heavy (non-hydrogen) atoms. The first-order chi connectivity index (χ1) is 16.6. The topological polar surface area (TPSA) is 100 Å². The molecule has 4 heterocycles. The maximum Gasteiger partial charge on any atom is 0.256 e. The molecule has 0 radical (unpaired) electrons. The summed E-state index contributed by atoms with van der Waals surface area (Å²) in [4.78, 5) is 43.1. The van der Waals surface area contributed by atoms with Crippen molar-refractivity contribution in [3.63, 3.8) is 0 Å². The SMILES string of the molecule is O=C1Nc2ccc(-c3ccc4c(c3)OCO4)cc2C(=O)N2CCN(C(=O)C3CCNCC3)CC12. The fraction of sp³-hybridized carbons (Fsp3) is 0.400. The van der Waals surface area contributed by atoms with E-state index in [1.54, 1.807) is 15.9 Å². The Bertz CT molecular complexity index is 1180. The molecule has 176 valence electrons. The molecule has 0 bridgehead atoms. The maximum atomic E-state index is 13.5. The number of carbonyl (C=O) groups is 3. The Hall–Kier alpha value is -3.59. The molecule has 2 saturated heterocycles. The number of piperazine rings is 1. The van der Waals surface area contributed by atoms with E-state index in [0.29, 0.717) is 35.8 Å². The van der Waals surface area contributed by atoms with E-state index in [9.17, 15) is 14.4 Å². The number of fused-ring (bicyclic) bond motifs is 3. The molecule has 2 aromatic carbocycles. The predicted molar refractivity (Wildman–Crippen MR) is 124 cm³/mol. The molecule has 9 heteroatoms. The summed E-state index contributed by atoms with van der Waals surface area (Å²) in [6.07, 6.45) is 1.62. The second-order valence-corrected chi connectivity index (χ2v) is 9.14. The number of hydrogen-bond acceptors (Lipinski definition) is 6. The van der Waals surface area contributed by atoms with Crippen molar-refractivity contribution in [2.45, 2.75) is 18.9 Å². The van der Waals surface area contributed by atoms with Gasteiger partial charge < -0.3 is 29.9 Å². The van der Waals surface area contributed by atoms with Gasteiger partial charge in [-0.3, -0.25) is 14.4 Å². The molecule has 0 aromatic heterocycles. The molecule has 6 rings (SSSR count). The lowest BCUT2D eigenvalue weighted by atomic mass is 9.95. The van der Waals surface area contributed by atoms with Crippen LogP contribution < -0.4 is 20.1 Å². The summed E-state index contributed by atoms with van der Waals surface area (Å²) < 4.78 is 10.9. The monoisotopic (exact) mass is 462 g/mol. The largest absolute Gasteiger partial charge is 0.454 e. The number of rotatable bonds is 2. The molecule has 2 N–H and O–H groups in total. The van der Waals surface area contributed by atoms with E-state index in [1.165, 1.54) is 0 Å². The van der Waals surface area contributed by atoms with Gasteiger partial charge in [0.05, 0.1) is 17.8 Å². The van der Waals surface area contributed by atoms with Crippen LogP contribution >= 0.6 is 0 Å². The van der Waals surface area contributed by atoms with Crippen molar-refractivity contribution in [1.82, 2.24) is 15.1 Å². The number of piperidine rings is 1. The lowest BCUT2D eigenvalue weighted by Gasteiger charge is -2.41. The molecule has 1 unspecified atom stereocenters. The van der Waals surface area contributed by atoms with Gasteiger partial charge in [-0.25, -0.2) is 0 Å². The van der Waals surface area contributed by atoms with Gasteiger partial charge in [-0.2, -0.15) is 0 Å². The van der Waals surface area contributed by atoms with Gasteiger partial charge in [-0.1, -0.05) is 12.1 Å². The lowest BCUT2D eigenvalue weighted by Crippen LogP contribution is -2.60. The molecular formula is C25H26N4O5. The molecule has 4 aliphatic rings. The molecule has 0 saturated carbocycles. The van der Waals surface area contributed by atoms with Crippen molar-refractivity contribution in [2.75, 3.05) is 44.8 Å². The van der Waals surface area contributed by atoms with E-state index in [2.05, 4.69) is 10.6 Å². The van der Waals surface area contributed by atoms with Gasteiger partial charge in [-0.05, 0) is 61.3 Å². The summed E-state index contributed by atoms with van der Waals surface area (Å²) in [5.74, 6) is 0.982. The van der Waals surface area contributed by atoms with Crippen molar-refractivity contribution < 1.29 is 23.9 Å². The number of carbonyl (C=O) groups excluding carboxylic acids is 3. The molecule has 2 aromatic rings. The Morgan fingerprint density at radius 2 is 1.71 bits per heavy atom. The minimum atomic E-state index is -0.701. The first-order valence-electron chi connectivity index (χ1n) is 11.7. The third kappa shape index (κ3) is 3.56. The highest BCUT2D eigenvalue weighted by Gasteiger charge is 2.41. The normalized spacial score (nSPS) is 22.1. The Morgan fingerprint density at radius 1 is 0.941 bits per heavy atom. The van der Waals surface area contributed by atoms with Gasteiger partial charge in [0.1, 0.15) is 6.04 Å². The zero-order valence-corrected chi connectivity index (χ0v) is 18.7. The van der Waals surface area contributed by atoms with E-state index in [1.807, 2.05) is 30.3 Å². The highest BCUT2D eigenvalue weighted by molar-refractivity contribution is 6.10. The highest BCUT2D eigenvalue weighted by Crippen LogP contribution is 2.37. The molecule has 0 spiro atoms. The summed E-state index contributed by atoms with van der Waals surface area (Å²) >= 11 is 0. The van der Waals surface area contributed by atoms with Crippen LogP contribution in [-0.4, -0.2) is 73.1 Å². The zero-order chi connectivity index (χ0) is 23.2. The second-order valence-electron chi connectivity index (χ2n) is 9.14. The van der Waals surface area contributed by atoms with Gasteiger partial charge >= 0.3 is 0 Å². The van der Waals surface area contributed by atoms with Crippen LogP contribution in [0.15, 0.2) is 36.4 Å². The lowest BCUT2D eigenvalue weighted by molar-refractivity contribution is -0.140. The molecule has 4 aliphatic heterocycles. The first kappa shape index (κ1) is 21.0. The van der Waals surface area contributed by atoms with Gasteiger partial charge in [0.15, 0.2) is 11.5 Å². The standard InChI is InChI=1S/C25H26N4O5/c30-23-20-13-28(24(31)15-5-7-26-8-6-15)9-10-29(20)25(32)18-11-16(1-3-19(18)27-23)17-2-4-21-22(12-17)34-14-33-21/h1-4,11-12,15,20,26H,5-10,13-14H2,(H,27,30). The number of benzene rings is 2. The highest BCUT2D eigenvalue weighted by atomic mass is 16.7. The number of ether oxygens (including phenoxy) is 2. The van der Waals surface area contributed by atoms with Crippen LogP contribution in [0.2, 0.25) is 0 Å². The molecule has 3 amide bonds. The van der Waals surface area contributed by atoms with Crippen LogP contribution in [0.1, 0.15) is 23.2 Å². The van der Waals surface area contributed by atoms with Gasteiger partial charge in [0, 0.05) is 19.0 Å². The Morgan fingerprint density at radius 3 is 2.56 bits per heavy atom. The quantitative estimate of drug-likeness (QED) is 0.705. The number of anilines is 1. The fourth-order valence-corrected chi connectivity index (χ4v) is 5.23. The van der Waals surface area contributed by atoms with Crippen molar-refractivity contribution >= 4 is 23.4 Å². The Balaban J connectivity index is 1.26. The van der Waals surface area contributed by atoms with E-state index < -0.39 is 6.04 Å². The van der Waals surface area contributed by atoms with Crippen LogP contribution in [0.4, 0.5) is 5.69 Å². The molecule has 1 atom stereocenters. The number of amides is 3.